The van der Waals surface area contributed by atoms with E-state index in [1.807, 2.05) is 24.3 Å². The first-order valence-electron chi connectivity index (χ1n) is 5.12. The zero-order chi connectivity index (χ0) is 13.1. The normalized spacial score (nSPS) is 9.83. The van der Waals surface area contributed by atoms with Crippen molar-refractivity contribution in [1.29, 1.82) is 5.26 Å². The second-order valence-corrected chi connectivity index (χ2v) is 5.73. The molecule has 0 aliphatic carbocycles. The summed E-state index contributed by atoms with van der Waals surface area (Å²) in [5.41, 5.74) is 8.50. The molecule has 0 spiro atoms. The molecular formula is C13H9BrIN3. The number of benzene rings is 2. The lowest BCUT2D eigenvalue weighted by atomic mass is 10.1. The quantitative estimate of drug-likeness (QED) is 0.571. The monoisotopic (exact) mass is 413 g/mol. The third kappa shape index (κ3) is 2.76. The predicted molar refractivity (Wildman–Crippen MR) is 85.7 cm³/mol. The number of hydrogen-bond acceptors (Lipinski definition) is 3. The number of anilines is 3. The third-order valence-electron chi connectivity index (χ3n) is 2.43. The number of hydrogen-bond donors (Lipinski definition) is 2. The van der Waals surface area contributed by atoms with Gasteiger partial charge < -0.3 is 11.1 Å². The van der Waals surface area contributed by atoms with Gasteiger partial charge in [-0.1, -0.05) is 6.07 Å². The van der Waals surface area contributed by atoms with E-state index in [2.05, 4.69) is 49.9 Å². The van der Waals surface area contributed by atoms with Crippen LogP contribution in [0.25, 0.3) is 0 Å². The zero-order valence-electron chi connectivity index (χ0n) is 9.24. The summed E-state index contributed by atoms with van der Waals surface area (Å²) in [5, 5.41) is 12.1. The predicted octanol–water partition coefficient (Wildman–Crippen LogP) is 4.25. The SMILES string of the molecule is N#Cc1cccc(Nc2ccc(I)cc2Br)c1N. The highest BCUT2D eigenvalue weighted by Crippen LogP contribution is 2.31. The molecule has 3 N–H and O–H groups in total. The second kappa shape index (κ2) is 5.59. The van der Waals surface area contributed by atoms with Gasteiger partial charge in [-0.3, -0.25) is 0 Å². The maximum atomic E-state index is 8.93. The Morgan fingerprint density at radius 3 is 2.67 bits per heavy atom. The molecule has 0 fully saturated rings. The Balaban J connectivity index is 2.38. The van der Waals surface area contributed by atoms with Crippen molar-refractivity contribution in [2.45, 2.75) is 0 Å². The van der Waals surface area contributed by atoms with Crippen molar-refractivity contribution in [2.24, 2.45) is 0 Å². The van der Waals surface area contributed by atoms with Crippen molar-refractivity contribution in [3.8, 4) is 6.07 Å². The fourth-order valence-corrected chi connectivity index (χ4v) is 2.90. The molecule has 0 aliphatic heterocycles. The first-order chi connectivity index (χ1) is 8.61. The number of halogens is 2. The number of nitrogen functional groups attached to an aromatic ring is 1. The molecular weight excluding hydrogens is 405 g/mol. The highest BCUT2D eigenvalue weighted by molar-refractivity contribution is 14.1. The van der Waals surface area contributed by atoms with Crippen LogP contribution in [0, 0.1) is 14.9 Å². The molecule has 0 aromatic heterocycles. The molecule has 3 nitrogen and oxygen atoms in total. The van der Waals surface area contributed by atoms with Crippen LogP contribution < -0.4 is 11.1 Å². The summed E-state index contributed by atoms with van der Waals surface area (Å²) >= 11 is 5.74. The Morgan fingerprint density at radius 1 is 1.22 bits per heavy atom. The summed E-state index contributed by atoms with van der Waals surface area (Å²) in [4.78, 5) is 0. The number of rotatable bonds is 2. The van der Waals surface area contributed by atoms with Crippen molar-refractivity contribution in [3.63, 3.8) is 0 Å². The largest absolute Gasteiger partial charge is 0.396 e. The van der Waals surface area contributed by atoms with Crippen LogP contribution >= 0.6 is 38.5 Å². The molecule has 0 unspecified atom stereocenters. The minimum atomic E-state index is 0.463. The lowest BCUT2D eigenvalue weighted by molar-refractivity contribution is 1.46. The Hall–Kier alpha value is -1.26. The maximum absolute atomic E-state index is 8.93. The lowest BCUT2D eigenvalue weighted by Gasteiger charge is -2.11. The van der Waals surface area contributed by atoms with Gasteiger partial charge in [0.1, 0.15) is 6.07 Å². The van der Waals surface area contributed by atoms with Gasteiger partial charge in [0.15, 0.2) is 0 Å². The van der Waals surface area contributed by atoms with Gasteiger partial charge in [0, 0.05) is 8.04 Å². The Morgan fingerprint density at radius 2 is 2.00 bits per heavy atom. The summed E-state index contributed by atoms with van der Waals surface area (Å²) < 4.78 is 2.10. The molecule has 0 saturated carbocycles. The molecule has 5 heteroatoms. The molecule has 0 heterocycles. The molecule has 0 amide bonds. The van der Waals surface area contributed by atoms with Crippen LogP contribution in [0.2, 0.25) is 0 Å². The van der Waals surface area contributed by atoms with E-state index >= 15 is 0 Å². The van der Waals surface area contributed by atoms with Crippen LogP contribution in [0.5, 0.6) is 0 Å². The van der Waals surface area contributed by atoms with Gasteiger partial charge in [0.2, 0.25) is 0 Å². The molecule has 0 atom stereocenters. The number of nitrogens with two attached hydrogens (primary N) is 1. The van der Waals surface area contributed by atoms with Gasteiger partial charge in [-0.15, -0.1) is 0 Å². The average molecular weight is 414 g/mol. The summed E-state index contributed by atoms with van der Waals surface area (Å²) in [7, 11) is 0. The van der Waals surface area contributed by atoms with Crippen molar-refractivity contribution in [1.82, 2.24) is 0 Å². The molecule has 2 rings (SSSR count). The van der Waals surface area contributed by atoms with E-state index < -0.39 is 0 Å². The smallest absolute Gasteiger partial charge is 0.101 e. The standard InChI is InChI=1S/C13H9BrIN3/c14-10-6-9(15)4-5-11(10)18-12-3-1-2-8(7-16)13(12)17/h1-6,18H,17H2. The third-order valence-corrected chi connectivity index (χ3v) is 3.75. The van der Waals surface area contributed by atoms with E-state index in [0.29, 0.717) is 11.3 Å². The Kier molecular flexibility index (Phi) is 4.09. The topological polar surface area (TPSA) is 61.8 Å². The Bertz CT molecular complexity index is 635. The fraction of sp³-hybridized carbons (Fsp3) is 0. The van der Waals surface area contributed by atoms with Crippen LogP contribution in [0.1, 0.15) is 5.56 Å². The molecule has 2 aromatic rings. The minimum absolute atomic E-state index is 0.463. The molecule has 0 aliphatic rings. The van der Waals surface area contributed by atoms with Crippen LogP contribution in [0.15, 0.2) is 40.9 Å². The maximum Gasteiger partial charge on any atom is 0.101 e. The average Bonchev–Trinajstić information content (AvgIpc) is 2.35. The first kappa shape index (κ1) is 13.2. The van der Waals surface area contributed by atoms with Crippen LogP contribution in [0.4, 0.5) is 17.1 Å². The van der Waals surface area contributed by atoms with Gasteiger partial charge in [0.25, 0.3) is 0 Å². The first-order valence-corrected chi connectivity index (χ1v) is 6.99. The van der Waals surface area contributed by atoms with E-state index in [1.54, 1.807) is 12.1 Å². The summed E-state index contributed by atoms with van der Waals surface area (Å²) in [6.07, 6.45) is 0. The lowest BCUT2D eigenvalue weighted by Crippen LogP contribution is -1.99. The van der Waals surface area contributed by atoms with E-state index in [1.165, 1.54) is 0 Å². The van der Waals surface area contributed by atoms with E-state index in [9.17, 15) is 0 Å². The summed E-state index contributed by atoms with van der Waals surface area (Å²) in [5.74, 6) is 0. The van der Waals surface area contributed by atoms with Crippen molar-refractivity contribution >= 4 is 55.6 Å². The highest BCUT2D eigenvalue weighted by atomic mass is 127. The van der Waals surface area contributed by atoms with Gasteiger partial charge in [-0.05, 0) is 68.9 Å². The van der Waals surface area contributed by atoms with E-state index in [4.69, 9.17) is 11.0 Å². The number of nitrogens with one attached hydrogen (secondary N) is 1. The summed E-state index contributed by atoms with van der Waals surface area (Å²) in [6.45, 7) is 0. The molecule has 0 bridgehead atoms. The fourth-order valence-electron chi connectivity index (χ4n) is 1.51. The molecule has 0 saturated heterocycles. The number of para-hydroxylation sites is 1. The zero-order valence-corrected chi connectivity index (χ0v) is 13.0. The van der Waals surface area contributed by atoms with Crippen molar-refractivity contribution < 1.29 is 0 Å². The van der Waals surface area contributed by atoms with Crippen LogP contribution in [-0.2, 0) is 0 Å². The summed E-state index contributed by atoms with van der Waals surface area (Å²) in [6, 6.07) is 13.4. The van der Waals surface area contributed by atoms with Crippen molar-refractivity contribution in [3.05, 3.63) is 50.0 Å². The second-order valence-electron chi connectivity index (χ2n) is 3.63. The van der Waals surface area contributed by atoms with E-state index in [0.717, 1.165) is 19.4 Å². The van der Waals surface area contributed by atoms with Gasteiger partial charge >= 0.3 is 0 Å². The van der Waals surface area contributed by atoms with Crippen LogP contribution in [0.3, 0.4) is 0 Å². The minimum Gasteiger partial charge on any atom is -0.396 e. The van der Waals surface area contributed by atoms with Gasteiger partial charge in [-0.25, -0.2) is 0 Å². The number of nitriles is 1. The highest BCUT2D eigenvalue weighted by Gasteiger charge is 2.06. The number of nitrogens with zero attached hydrogens (tertiary/aromatic N) is 1. The van der Waals surface area contributed by atoms with Crippen LogP contribution in [-0.4, -0.2) is 0 Å². The molecule has 2 aromatic carbocycles. The van der Waals surface area contributed by atoms with Crippen molar-refractivity contribution in [2.75, 3.05) is 11.1 Å². The molecule has 18 heavy (non-hydrogen) atoms. The Labute approximate surface area is 127 Å². The van der Waals surface area contributed by atoms with Gasteiger partial charge in [0.05, 0.1) is 22.6 Å². The van der Waals surface area contributed by atoms with Gasteiger partial charge in [-0.2, -0.15) is 5.26 Å². The van der Waals surface area contributed by atoms with E-state index in [-0.39, 0.29) is 0 Å². The molecule has 0 radical (unpaired) electrons. The molecule has 90 valence electrons.